The second kappa shape index (κ2) is 6.30. The lowest BCUT2D eigenvalue weighted by atomic mass is 10.1. The Morgan fingerprint density at radius 3 is 2.62 bits per heavy atom. The third-order valence-corrected chi connectivity index (χ3v) is 5.58. The summed E-state index contributed by atoms with van der Waals surface area (Å²) in [5, 5.41) is 8.38. The van der Waals surface area contributed by atoms with Crippen molar-refractivity contribution in [3.05, 3.63) is 45.2 Å². The van der Waals surface area contributed by atoms with E-state index < -0.39 is 0 Å². The SMILES string of the molecule is O=C(c1n[nH]c2c1CCC2)N1CCN(c2ccc(Cl)c(Cl)c2)CC1. The Morgan fingerprint density at radius 2 is 1.88 bits per heavy atom. The third-order valence-electron chi connectivity index (χ3n) is 4.84. The topological polar surface area (TPSA) is 52.2 Å². The molecule has 1 N–H and O–H groups in total. The van der Waals surface area contributed by atoms with E-state index >= 15 is 0 Å². The summed E-state index contributed by atoms with van der Waals surface area (Å²) in [5.41, 5.74) is 3.90. The van der Waals surface area contributed by atoms with Gasteiger partial charge < -0.3 is 9.80 Å². The minimum Gasteiger partial charge on any atom is -0.368 e. The van der Waals surface area contributed by atoms with E-state index in [1.165, 1.54) is 0 Å². The van der Waals surface area contributed by atoms with E-state index in [4.69, 9.17) is 23.2 Å². The van der Waals surface area contributed by atoms with Crippen LogP contribution in [0.4, 0.5) is 5.69 Å². The number of anilines is 1. The summed E-state index contributed by atoms with van der Waals surface area (Å²) in [5.74, 6) is 0.0446. The van der Waals surface area contributed by atoms with E-state index in [9.17, 15) is 4.79 Å². The third kappa shape index (κ3) is 2.76. The fraction of sp³-hybridized carbons (Fsp3) is 0.412. The molecule has 126 valence electrons. The van der Waals surface area contributed by atoms with Crippen LogP contribution in [0.5, 0.6) is 0 Å². The first-order valence-corrected chi connectivity index (χ1v) is 8.94. The molecule has 1 amide bonds. The van der Waals surface area contributed by atoms with Gasteiger partial charge in [0.25, 0.3) is 5.91 Å². The van der Waals surface area contributed by atoms with Gasteiger partial charge in [0, 0.05) is 43.1 Å². The number of aryl methyl sites for hydroxylation is 1. The van der Waals surface area contributed by atoms with E-state index in [0.717, 1.165) is 49.3 Å². The van der Waals surface area contributed by atoms with Gasteiger partial charge in [-0.25, -0.2) is 0 Å². The van der Waals surface area contributed by atoms with Crippen molar-refractivity contribution in [2.75, 3.05) is 31.1 Å². The summed E-state index contributed by atoms with van der Waals surface area (Å²) in [6.07, 6.45) is 3.06. The molecule has 1 aliphatic heterocycles. The number of H-pyrrole nitrogens is 1. The van der Waals surface area contributed by atoms with Crippen LogP contribution in [-0.2, 0) is 12.8 Å². The van der Waals surface area contributed by atoms with Crippen LogP contribution in [0.1, 0.15) is 28.2 Å². The van der Waals surface area contributed by atoms with Crippen molar-refractivity contribution in [2.24, 2.45) is 0 Å². The molecule has 2 aliphatic rings. The number of nitrogens with one attached hydrogen (secondary N) is 1. The first kappa shape index (κ1) is 15.8. The second-order valence-electron chi connectivity index (χ2n) is 6.26. The predicted molar refractivity (Wildman–Crippen MR) is 95.2 cm³/mol. The summed E-state index contributed by atoms with van der Waals surface area (Å²) in [6.45, 7) is 2.91. The Bertz CT molecular complexity index is 781. The molecular weight excluding hydrogens is 347 g/mol. The molecule has 0 saturated carbocycles. The summed E-state index contributed by atoms with van der Waals surface area (Å²) in [6, 6.07) is 5.65. The number of fused-ring (bicyclic) bond motifs is 1. The highest BCUT2D eigenvalue weighted by molar-refractivity contribution is 6.42. The maximum Gasteiger partial charge on any atom is 0.274 e. The zero-order valence-corrected chi connectivity index (χ0v) is 14.7. The maximum absolute atomic E-state index is 12.7. The highest BCUT2D eigenvalue weighted by Gasteiger charge is 2.28. The fourth-order valence-electron chi connectivity index (χ4n) is 3.50. The Labute approximate surface area is 150 Å². The van der Waals surface area contributed by atoms with E-state index in [0.29, 0.717) is 28.8 Å². The second-order valence-corrected chi connectivity index (χ2v) is 7.07. The molecule has 0 bridgehead atoms. The maximum atomic E-state index is 12.7. The Hall–Kier alpha value is -1.72. The zero-order chi connectivity index (χ0) is 16.7. The summed E-state index contributed by atoms with van der Waals surface area (Å²) < 4.78 is 0. The lowest BCUT2D eigenvalue weighted by Gasteiger charge is -2.36. The molecule has 24 heavy (non-hydrogen) atoms. The largest absolute Gasteiger partial charge is 0.368 e. The Kier molecular flexibility index (Phi) is 4.14. The van der Waals surface area contributed by atoms with E-state index in [-0.39, 0.29) is 5.91 Å². The van der Waals surface area contributed by atoms with Crippen LogP contribution in [0.3, 0.4) is 0 Å². The van der Waals surface area contributed by atoms with Crippen molar-refractivity contribution in [3.8, 4) is 0 Å². The number of hydrogen-bond acceptors (Lipinski definition) is 3. The number of amides is 1. The lowest BCUT2D eigenvalue weighted by molar-refractivity contribution is 0.0739. The molecule has 0 atom stereocenters. The number of piperazine rings is 1. The number of aromatic nitrogens is 2. The van der Waals surface area contributed by atoms with E-state index in [1.807, 2.05) is 23.1 Å². The zero-order valence-electron chi connectivity index (χ0n) is 13.2. The number of aromatic amines is 1. The molecule has 0 radical (unpaired) electrons. The predicted octanol–water partition coefficient (Wildman–Crippen LogP) is 3.17. The van der Waals surface area contributed by atoms with Crippen LogP contribution < -0.4 is 4.90 Å². The van der Waals surface area contributed by atoms with Gasteiger partial charge in [-0.1, -0.05) is 23.2 Å². The van der Waals surface area contributed by atoms with Gasteiger partial charge in [0.05, 0.1) is 10.0 Å². The van der Waals surface area contributed by atoms with Crippen molar-refractivity contribution >= 4 is 34.8 Å². The van der Waals surface area contributed by atoms with Crippen LogP contribution in [-0.4, -0.2) is 47.2 Å². The van der Waals surface area contributed by atoms with E-state index in [1.54, 1.807) is 0 Å². The first-order chi connectivity index (χ1) is 11.6. The number of halogens is 2. The first-order valence-electron chi connectivity index (χ1n) is 8.19. The molecule has 1 fully saturated rings. The van der Waals surface area contributed by atoms with Gasteiger partial charge in [0.15, 0.2) is 5.69 Å². The molecule has 5 nitrogen and oxygen atoms in total. The Balaban J connectivity index is 1.44. The molecule has 2 heterocycles. The summed E-state index contributed by atoms with van der Waals surface area (Å²) in [7, 11) is 0. The molecular formula is C17H18Cl2N4O. The van der Waals surface area contributed by atoms with Crippen LogP contribution in [0.25, 0.3) is 0 Å². The van der Waals surface area contributed by atoms with Crippen molar-refractivity contribution in [3.63, 3.8) is 0 Å². The number of hydrogen-bond donors (Lipinski definition) is 1. The number of carbonyl (C=O) groups excluding carboxylic acids is 1. The van der Waals surface area contributed by atoms with Gasteiger partial charge in [0.1, 0.15) is 0 Å². The van der Waals surface area contributed by atoms with Crippen LogP contribution in [0.2, 0.25) is 10.0 Å². The van der Waals surface area contributed by atoms with Crippen molar-refractivity contribution in [2.45, 2.75) is 19.3 Å². The summed E-state index contributed by atoms with van der Waals surface area (Å²) >= 11 is 12.1. The van der Waals surface area contributed by atoms with Gasteiger partial charge in [0.2, 0.25) is 0 Å². The fourth-order valence-corrected chi connectivity index (χ4v) is 3.79. The average molecular weight is 365 g/mol. The van der Waals surface area contributed by atoms with Gasteiger partial charge in [-0.3, -0.25) is 9.89 Å². The average Bonchev–Trinajstić information content (AvgIpc) is 3.20. The normalized spacial score (nSPS) is 17.2. The summed E-state index contributed by atoms with van der Waals surface area (Å²) in [4.78, 5) is 16.9. The molecule has 0 unspecified atom stereocenters. The molecule has 2 aromatic rings. The molecule has 1 aromatic carbocycles. The molecule has 0 spiro atoms. The standard InChI is InChI=1S/C17H18Cl2N4O/c18-13-5-4-11(10-14(13)19)22-6-8-23(9-7-22)17(24)16-12-2-1-3-15(12)20-21-16/h4-5,10H,1-3,6-9H2,(H,20,21). The van der Waals surface area contributed by atoms with Gasteiger partial charge in [-0.2, -0.15) is 5.10 Å². The van der Waals surface area contributed by atoms with Crippen molar-refractivity contribution in [1.29, 1.82) is 0 Å². The minimum atomic E-state index is 0.0446. The molecule has 4 rings (SSSR count). The van der Waals surface area contributed by atoms with Crippen LogP contribution >= 0.6 is 23.2 Å². The van der Waals surface area contributed by atoms with Crippen molar-refractivity contribution < 1.29 is 4.79 Å². The number of nitrogens with zero attached hydrogens (tertiary/aromatic N) is 3. The van der Waals surface area contributed by atoms with Crippen LogP contribution in [0.15, 0.2) is 18.2 Å². The quantitative estimate of drug-likeness (QED) is 0.890. The minimum absolute atomic E-state index is 0.0446. The van der Waals surface area contributed by atoms with E-state index in [2.05, 4.69) is 15.1 Å². The van der Waals surface area contributed by atoms with Crippen LogP contribution in [0, 0.1) is 0 Å². The molecule has 1 aromatic heterocycles. The molecule has 1 aliphatic carbocycles. The number of carbonyl (C=O) groups is 1. The molecule has 7 heteroatoms. The smallest absolute Gasteiger partial charge is 0.274 e. The Morgan fingerprint density at radius 1 is 1.08 bits per heavy atom. The van der Waals surface area contributed by atoms with Gasteiger partial charge in [-0.05, 0) is 37.5 Å². The van der Waals surface area contributed by atoms with Gasteiger partial charge in [-0.15, -0.1) is 0 Å². The number of benzene rings is 1. The monoisotopic (exact) mass is 364 g/mol. The van der Waals surface area contributed by atoms with Gasteiger partial charge >= 0.3 is 0 Å². The van der Waals surface area contributed by atoms with Crippen molar-refractivity contribution in [1.82, 2.24) is 15.1 Å². The lowest BCUT2D eigenvalue weighted by Crippen LogP contribution is -2.49. The highest BCUT2D eigenvalue weighted by atomic mass is 35.5. The number of rotatable bonds is 2. The highest BCUT2D eigenvalue weighted by Crippen LogP contribution is 2.28. The molecule has 1 saturated heterocycles.